The SMILES string of the molecule is CSc1c(Cc2ccccc2)c(Cc2ccccc2)cc2c(Cl)ccc(Cl)c12. The second-order valence-electron chi connectivity index (χ2n) is 6.82. The molecule has 0 aliphatic heterocycles. The van der Waals surface area contributed by atoms with E-state index in [-0.39, 0.29) is 0 Å². The molecule has 4 aromatic rings. The fraction of sp³-hybridized carbons (Fsp3) is 0.120. The van der Waals surface area contributed by atoms with Gasteiger partial charge in [-0.1, -0.05) is 83.9 Å². The summed E-state index contributed by atoms with van der Waals surface area (Å²) in [5, 5.41) is 3.59. The molecule has 0 nitrogen and oxygen atoms in total. The molecule has 0 aliphatic carbocycles. The Morgan fingerprint density at radius 1 is 0.714 bits per heavy atom. The zero-order valence-electron chi connectivity index (χ0n) is 15.6. The van der Waals surface area contributed by atoms with Crippen LogP contribution in [0.3, 0.4) is 0 Å². The van der Waals surface area contributed by atoms with Crippen molar-refractivity contribution in [3.05, 3.63) is 111 Å². The first-order valence-corrected chi connectivity index (χ1v) is 11.2. The third-order valence-electron chi connectivity index (χ3n) is 5.01. The van der Waals surface area contributed by atoms with E-state index in [4.69, 9.17) is 23.2 Å². The first-order chi connectivity index (χ1) is 13.7. The van der Waals surface area contributed by atoms with E-state index in [2.05, 4.69) is 73.0 Å². The minimum Gasteiger partial charge on any atom is -0.129 e. The molecule has 140 valence electrons. The monoisotopic (exact) mass is 422 g/mol. The van der Waals surface area contributed by atoms with Gasteiger partial charge in [0.05, 0.1) is 0 Å². The van der Waals surface area contributed by atoms with E-state index in [1.807, 2.05) is 12.1 Å². The predicted molar refractivity (Wildman–Crippen MR) is 124 cm³/mol. The number of hydrogen-bond acceptors (Lipinski definition) is 1. The van der Waals surface area contributed by atoms with Gasteiger partial charge in [-0.2, -0.15) is 0 Å². The summed E-state index contributed by atoms with van der Waals surface area (Å²) in [6.07, 6.45) is 3.86. The molecule has 3 heteroatoms. The van der Waals surface area contributed by atoms with Crippen LogP contribution in [-0.2, 0) is 12.8 Å². The van der Waals surface area contributed by atoms with Crippen molar-refractivity contribution in [2.75, 3.05) is 6.26 Å². The van der Waals surface area contributed by atoms with Crippen LogP contribution in [0.2, 0.25) is 10.0 Å². The number of halogens is 2. The molecule has 0 fully saturated rings. The molecule has 0 aromatic heterocycles. The Hall–Kier alpha value is -1.93. The van der Waals surface area contributed by atoms with Gasteiger partial charge in [0.25, 0.3) is 0 Å². The van der Waals surface area contributed by atoms with Crippen LogP contribution in [0.1, 0.15) is 22.3 Å². The lowest BCUT2D eigenvalue weighted by Gasteiger charge is -2.19. The van der Waals surface area contributed by atoms with Gasteiger partial charge in [-0.25, -0.2) is 0 Å². The van der Waals surface area contributed by atoms with Crippen LogP contribution < -0.4 is 0 Å². The molecular formula is C25H20Cl2S. The molecule has 0 bridgehead atoms. The number of benzene rings is 4. The molecule has 4 aromatic carbocycles. The molecule has 0 radical (unpaired) electrons. The van der Waals surface area contributed by atoms with Gasteiger partial charge in [-0.3, -0.25) is 0 Å². The lowest BCUT2D eigenvalue weighted by atomic mass is 9.92. The summed E-state index contributed by atoms with van der Waals surface area (Å²) in [6.45, 7) is 0. The molecule has 0 saturated carbocycles. The topological polar surface area (TPSA) is 0 Å². The maximum Gasteiger partial charge on any atom is 0.0496 e. The Balaban J connectivity index is 1.96. The van der Waals surface area contributed by atoms with E-state index >= 15 is 0 Å². The van der Waals surface area contributed by atoms with E-state index in [9.17, 15) is 0 Å². The van der Waals surface area contributed by atoms with Crippen molar-refractivity contribution in [2.24, 2.45) is 0 Å². The van der Waals surface area contributed by atoms with Crippen molar-refractivity contribution >= 4 is 45.7 Å². The van der Waals surface area contributed by atoms with Crippen LogP contribution in [0.15, 0.2) is 83.8 Å². The molecule has 0 saturated heterocycles. The minimum atomic E-state index is 0.746. The van der Waals surface area contributed by atoms with Gasteiger partial charge in [-0.15, -0.1) is 11.8 Å². The second kappa shape index (κ2) is 8.61. The first kappa shape index (κ1) is 19.4. The second-order valence-corrected chi connectivity index (χ2v) is 8.45. The Morgan fingerprint density at radius 2 is 1.29 bits per heavy atom. The predicted octanol–water partition coefficient (Wildman–Crippen LogP) is 8.05. The number of rotatable bonds is 5. The highest BCUT2D eigenvalue weighted by Crippen LogP contribution is 2.41. The molecule has 0 heterocycles. The van der Waals surface area contributed by atoms with Crippen LogP contribution in [0.4, 0.5) is 0 Å². The zero-order chi connectivity index (χ0) is 19.5. The summed E-state index contributed by atoms with van der Waals surface area (Å²) in [5.74, 6) is 0. The lowest BCUT2D eigenvalue weighted by Crippen LogP contribution is -2.01. The van der Waals surface area contributed by atoms with Crippen LogP contribution in [0.25, 0.3) is 10.8 Å². The van der Waals surface area contributed by atoms with Crippen molar-refractivity contribution < 1.29 is 0 Å². The Bertz CT molecular complexity index is 1110. The fourth-order valence-corrected chi connectivity index (χ4v) is 5.09. The molecule has 4 rings (SSSR count). The van der Waals surface area contributed by atoms with Gasteiger partial charge in [0.2, 0.25) is 0 Å². The van der Waals surface area contributed by atoms with Crippen molar-refractivity contribution in [1.29, 1.82) is 0 Å². The quantitative estimate of drug-likeness (QED) is 0.293. The molecule has 0 N–H and O–H groups in total. The maximum absolute atomic E-state index is 6.63. The van der Waals surface area contributed by atoms with Crippen molar-refractivity contribution in [1.82, 2.24) is 0 Å². The van der Waals surface area contributed by atoms with E-state index in [0.717, 1.165) is 33.7 Å². The van der Waals surface area contributed by atoms with Crippen LogP contribution in [-0.4, -0.2) is 6.26 Å². The highest BCUT2D eigenvalue weighted by Gasteiger charge is 2.17. The third kappa shape index (κ3) is 3.93. The highest BCUT2D eigenvalue weighted by molar-refractivity contribution is 7.98. The molecule has 0 atom stereocenters. The molecule has 0 unspecified atom stereocenters. The van der Waals surface area contributed by atoms with Gasteiger partial charge in [-0.05, 0) is 59.6 Å². The average molecular weight is 423 g/mol. The Morgan fingerprint density at radius 3 is 1.89 bits per heavy atom. The smallest absolute Gasteiger partial charge is 0.0496 e. The normalized spacial score (nSPS) is 11.1. The summed E-state index contributed by atoms with van der Waals surface area (Å²) < 4.78 is 0. The van der Waals surface area contributed by atoms with Crippen LogP contribution in [0, 0.1) is 0 Å². The molecular weight excluding hydrogens is 403 g/mol. The van der Waals surface area contributed by atoms with Gasteiger partial charge >= 0.3 is 0 Å². The first-order valence-electron chi connectivity index (χ1n) is 9.21. The molecule has 0 amide bonds. The van der Waals surface area contributed by atoms with Gasteiger partial charge in [0, 0.05) is 25.7 Å². The van der Waals surface area contributed by atoms with Gasteiger partial charge in [0.1, 0.15) is 0 Å². The Labute approximate surface area is 180 Å². The van der Waals surface area contributed by atoms with E-state index in [1.165, 1.54) is 27.1 Å². The van der Waals surface area contributed by atoms with Gasteiger partial charge < -0.3 is 0 Å². The highest BCUT2D eigenvalue weighted by atomic mass is 35.5. The summed E-state index contributed by atoms with van der Waals surface area (Å²) in [4.78, 5) is 1.22. The minimum absolute atomic E-state index is 0.746. The third-order valence-corrected chi connectivity index (χ3v) is 6.52. The van der Waals surface area contributed by atoms with E-state index in [1.54, 1.807) is 11.8 Å². The van der Waals surface area contributed by atoms with Crippen LogP contribution in [0.5, 0.6) is 0 Å². The summed E-state index contributed by atoms with van der Waals surface area (Å²) in [5.41, 5.74) is 5.22. The molecule has 0 spiro atoms. The lowest BCUT2D eigenvalue weighted by molar-refractivity contribution is 1.06. The average Bonchev–Trinajstić information content (AvgIpc) is 2.73. The number of fused-ring (bicyclic) bond motifs is 1. The van der Waals surface area contributed by atoms with Gasteiger partial charge in [0.15, 0.2) is 0 Å². The molecule has 28 heavy (non-hydrogen) atoms. The summed E-state index contributed by atoms with van der Waals surface area (Å²) >= 11 is 15.0. The fourth-order valence-electron chi connectivity index (χ4n) is 3.69. The Kier molecular flexibility index (Phi) is 5.96. The van der Waals surface area contributed by atoms with Crippen LogP contribution >= 0.6 is 35.0 Å². The van der Waals surface area contributed by atoms with Crippen molar-refractivity contribution in [3.8, 4) is 0 Å². The van der Waals surface area contributed by atoms with Crippen molar-refractivity contribution in [3.63, 3.8) is 0 Å². The summed E-state index contributed by atoms with van der Waals surface area (Å²) in [6, 6.07) is 27.2. The number of hydrogen-bond donors (Lipinski definition) is 0. The van der Waals surface area contributed by atoms with E-state index in [0.29, 0.717) is 0 Å². The largest absolute Gasteiger partial charge is 0.129 e. The van der Waals surface area contributed by atoms with E-state index < -0.39 is 0 Å². The maximum atomic E-state index is 6.63. The zero-order valence-corrected chi connectivity index (χ0v) is 17.9. The number of thioether (sulfide) groups is 1. The molecule has 0 aliphatic rings. The standard InChI is InChI=1S/C25H20Cl2S/c1-28-25-20(15-18-10-6-3-7-11-18)19(14-17-8-4-2-5-9-17)16-21-22(26)12-13-23(27)24(21)25/h2-13,16H,14-15H2,1H3. The van der Waals surface area contributed by atoms with Crippen molar-refractivity contribution in [2.45, 2.75) is 17.7 Å². The summed E-state index contributed by atoms with van der Waals surface area (Å²) in [7, 11) is 0.